The number of carbonyl (C=O) groups excluding carboxylic acids is 2. The number of H-pyrrole nitrogens is 1. The van der Waals surface area contributed by atoms with Gasteiger partial charge in [-0.15, -0.1) is 10.2 Å². The molecule has 0 aliphatic rings. The molecule has 2 aromatic rings. The number of nitrogens with zero attached hydrogens (tertiary/aromatic N) is 3. The standard InChI is InChI=1S/C14H15F3N4O2S/c1-6-10(8(3)22)7(2)18-11(6)9(23)5-24-13-20-19-12(21(13)4)14(15,16)17/h18H,5H2,1-4H3. The number of carbonyl (C=O) groups is 2. The highest BCUT2D eigenvalue weighted by atomic mass is 32.2. The van der Waals surface area contributed by atoms with Crippen LogP contribution in [-0.2, 0) is 13.2 Å². The van der Waals surface area contributed by atoms with Gasteiger partial charge in [0.25, 0.3) is 0 Å². The molecule has 2 aromatic heterocycles. The number of ketones is 2. The lowest BCUT2D eigenvalue weighted by atomic mass is 10.1. The highest BCUT2D eigenvalue weighted by molar-refractivity contribution is 7.99. The predicted octanol–water partition coefficient (Wildman–Crippen LogP) is 2.96. The van der Waals surface area contributed by atoms with Crippen LogP contribution in [0.15, 0.2) is 5.16 Å². The second kappa shape index (κ2) is 6.42. The Morgan fingerprint density at radius 2 is 1.88 bits per heavy atom. The van der Waals surface area contributed by atoms with Gasteiger partial charge in [-0.3, -0.25) is 9.59 Å². The molecular formula is C14H15F3N4O2S. The van der Waals surface area contributed by atoms with Crippen molar-refractivity contribution in [2.45, 2.75) is 32.1 Å². The maximum Gasteiger partial charge on any atom is 0.451 e. The highest BCUT2D eigenvalue weighted by Crippen LogP contribution is 2.30. The molecule has 10 heteroatoms. The molecule has 0 bridgehead atoms. The molecule has 0 saturated heterocycles. The number of Topliss-reactive ketones (excluding diaryl/α,β-unsaturated/α-hetero) is 2. The Kier molecular flexibility index (Phi) is 4.88. The van der Waals surface area contributed by atoms with Crippen molar-refractivity contribution in [1.82, 2.24) is 19.7 Å². The first kappa shape index (κ1) is 18.2. The fourth-order valence-electron chi connectivity index (χ4n) is 2.45. The van der Waals surface area contributed by atoms with Gasteiger partial charge in [0.2, 0.25) is 5.82 Å². The summed E-state index contributed by atoms with van der Waals surface area (Å²) in [6.45, 7) is 4.75. The molecule has 130 valence electrons. The first-order chi connectivity index (χ1) is 11.0. The smallest absolute Gasteiger partial charge is 0.355 e. The Bertz CT molecular complexity index is 808. The summed E-state index contributed by atoms with van der Waals surface area (Å²) < 4.78 is 38.8. The van der Waals surface area contributed by atoms with Crippen LogP contribution >= 0.6 is 11.8 Å². The molecule has 0 spiro atoms. The van der Waals surface area contributed by atoms with E-state index in [0.29, 0.717) is 16.8 Å². The Hall–Kier alpha value is -2.10. The Morgan fingerprint density at radius 1 is 1.25 bits per heavy atom. The third-order valence-electron chi connectivity index (χ3n) is 3.49. The first-order valence-corrected chi connectivity index (χ1v) is 7.85. The van der Waals surface area contributed by atoms with Gasteiger partial charge in [0.1, 0.15) is 0 Å². The van der Waals surface area contributed by atoms with Gasteiger partial charge in [-0.2, -0.15) is 13.2 Å². The van der Waals surface area contributed by atoms with Gasteiger partial charge >= 0.3 is 6.18 Å². The number of alkyl halides is 3. The Balaban J connectivity index is 2.17. The van der Waals surface area contributed by atoms with Crippen LogP contribution in [0.2, 0.25) is 0 Å². The number of nitrogens with one attached hydrogen (secondary N) is 1. The molecule has 0 aliphatic carbocycles. The van der Waals surface area contributed by atoms with E-state index in [0.717, 1.165) is 16.3 Å². The minimum Gasteiger partial charge on any atom is -0.355 e. The fourth-order valence-corrected chi connectivity index (χ4v) is 3.23. The predicted molar refractivity (Wildman–Crippen MR) is 81.3 cm³/mol. The van der Waals surface area contributed by atoms with Crippen molar-refractivity contribution in [3.8, 4) is 0 Å². The Labute approximate surface area is 139 Å². The molecule has 0 radical (unpaired) electrons. The van der Waals surface area contributed by atoms with Crippen LogP contribution in [-0.4, -0.2) is 37.1 Å². The molecule has 0 atom stereocenters. The van der Waals surface area contributed by atoms with Gasteiger partial charge in [-0.25, -0.2) is 0 Å². The van der Waals surface area contributed by atoms with E-state index in [9.17, 15) is 22.8 Å². The average molecular weight is 360 g/mol. The van der Waals surface area contributed by atoms with Crippen molar-refractivity contribution >= 4 is 23.3 Å². The molecule has 24 heavy (non-hydrogen) atoms. The van der Waals surface area contributed by atoms with Gasteiger partial charge in [0, 0.05) is 18.3 Å². The molecule has 0 unspecified atom stereocenters. The van der Waals surface area contributed by atoms with Gasteiger partial charge in [-0.05, 0) is 26.3 Å². The minimum absolute atomic E-state index is 0.0107. The molecule has 2 rings (SSSR count). The number of thioether (sulfide) groups is 1. The highest BCUT2D eigenvalue weighted by Gasteiger charge is 2.37. The summed E-state index contributed by atoms with van der Waals surface area (Å²) in [6.07, 6.45) is -4.60. The van der Waals surface area contributed by atoms with Crippen molar-refractivity contribution in [3.63, 3.8) is 0 Å². The van der Waals surface area contributed by atoms with E-state index >= 15 is 0 Å². The van der Waals surface area contributed by atoms with Crippen LogP contribution in [0.1, 0.15) is 44.9 Å². The van der Waals surface area contributed by atoms with E-state index in [1.807, 2.05) is 0 Å². The van der Waals surface area contributed by atoms with Gasteiger partial charge in [0.05, 0.1) is 11.4 Å². The molecule has 0 amide bonds. The zero-order valence-corrected chi connectivity index (χ0v) is 14.2. The number of hydrogen-bond acceptors (Lipinski definition) is 5. The number of aromatic amines is 1. The summed E-state index contributed by atoms with van der Waals surface area (Å²) in [5.41, 5.74) is 1.87. The van der Waals surface area contributed by atoms with E-state index in [4.69, 9.17) is 0 Å². The van der Waals surface area contributed by atoms with Crippen molar-refractivity contribution < 1.29 is 22.8 Å². The van der Waals surface area contributed by atoms with Crippen molar-refractivity contribution in [2.24, 2.45) is 7.05 Å². The fraction of sp³-hybridized carbons (Fsp3) is 0.429. The third-order valence-corrected chi connectivity index (χ3v) is 4.51. The lowest BCUT2D eigenvalue weighted by molar-refractivity contribution is -0.147. The second-order valence-electron chi connectivity index (χ2n) is 5.26. The molecule has 6 nitrogen and oxygen atoms in total. The van der Waals surface area contributed by atoms with Crippen LogP contribution in [0.4, 0.5) is 13.2 Å². The zero-order valence-electron chi connectivity index (χ0n) is 13.4. The molecule has 0 aliphatic heterocycles. The van der Waals surface area contributed by atoms with Gasteiger partial charge in [0.15, 0.2) is 16.7 Å². The van der Waals surface area contributed by atoms with Crippen LogP contribution in [0.3, 0.4) is 0 Å². The lowest BCUT2D eigenvalue weighted by Crippen LogP contribution is -2.13. The minimum atomic E-state index is -4.60. The number of aryl methyl sites for hydroxylation is 1. The van der Waals surface area contributed by atoms with E-state index < -0.39 is 12.0 Å². The molecule has 0 aromatic carbocycles. The summed E-state index contributed by atoms with van der Waals surface area (Å²) in [6, 6.07) is 0. The molecule has 2 heterocycles. The monoisotopic (exact) mass is 360 g/mol. The number of aromatic nitrogens is 4. The van der Waals surface area contributed by atoms with Crippen LogP contribution in [0.5, 0.6) is 0 Å². The van der Waals surface area contributed by atoms with Gasteiger partial charge < -0.3 is 9.55 Å². The maximum atomic E-state index is 12.7. The van der Waals surface area contributed by atoms with E-state index in [-0.39, 0.29) is 28.2 Å². The second-order valence-corrected chi connectivity index (χ2v) is 6.20. The largest absolute Gasteiger partial charge is 0.451 e. The summed E-state index contributed by atoms with van der Waals surface area (Å²) in [4.78, 5) is 26.7. The normalized spacial score (nSPS) is 11.8. The number of rotatable bonds is 5. The lowest BCUT2D eigenvalue weighted by Gasteiger charge is -2.06. The molecule has 1 N–H and O–H groups in total. The molecule has 0 saturated carbocycles. The molecular weight excluding hydrogens is 345 g/mol. The molecule has 0 fully saturated rings. The van der Waals surface area contributed by atoms with Crippen molar-refractivity contribution in [2.75, 3.05) is 5.75 Å². The van der Waals surface area contributed by atoms with E-state index in [1.54, 1.807) is 13.8 Å². The summed E-state index contributed by atoms with van der Waals surface area (Å²) in [7, 11) is 1.19. The quantitative estimate of drug-likeness (QED) is 0.655. The number of hydrogen-bond donors (Lipinski definition) is 1. The average Bonchev–Trinajstić information content (AvgIpc) is 2.96. The summed E-state index contributed by atoms with van der Waals surface area (Å²) >= 11 is 0.854. The zero-order chi connectivity index (χ0) is 18.2. The number of halogens is 3. The SMILES string of the molecule is CC(=O)c1c(C)[nH]c(C(=O)CSc2nnc(C(F)(F)F)n2C)c1C. The first-order valence-electron chi connectivity index (χ1n) is 6.86. The maximum absolute atomic E-state index is 12.7. The van der Waals surface area contributed by atoms with Crippen molar-refractivity contribution in [3.05, 3.63) is 28.3 Å². The third kappa shape index (κ3) is 3.37. The summed E-state index contributed by atoms with van der Waals surface area (Å²) in [5, 5.41) is 6.55. The Morgan fingerprint density at radius 3 is 2.33 bits per heavy atom. The van der Waals surface area contributed by atoms with E-state index in [2.05, 4.69) is 15.2 Å². The van der Waals surface area contributed by atoms with Crippen molar-refractivity contribution in [1.29, 1.82) is 0 Å². The van der Waals surface area contributed by atoms with Crippen LogP contribution in [0.25, 0.3) is 0 Å². The van der Waals surface area contributed by atoms with Gasteiger partial charge in [-0.1, -0.05) is 11.8 Å². The topological polar surface area (TPSA) is 80.6 Å². The summed E-state index contributed by atoms with van der Waals surface area (Å²) in [5.74, 6) is -1.73. The van der Waals surface area contributed by atoms with Crippen LogP contribution in [0, 0.1) is 13.8 Å². The van der Waals surface area contributed by atoms with E-state index in [1.165, 1.54) is 14.0 Å². The van der Waals surface area contributed by atoms with Crippen LogP contribution < -0.4 is 0 Å².